The fraction of sp³-hybridized carbons (Fsp3) is 0.385. The Morgan fingerprint density at radius 1 is 1.56 bits per heavy atom. The molecule has 1 aliphatic rings. The number of rotatable bonds is 5. The van der Waals surface area contributed by atoms with Crippen molar-refractivity contribution in [1.82, 2.24) is 10.5 Å². The van der Waals surface area contributed by atoms with Crippen LogP contribution in [-0.4, -0.2) is 17.6 Å². The van der Waals surface area contributed by atoms with Gasteiger partial charge in [0, 0.05) is 23.4 Å². The molecule has 1 fully saturated rings. The standard InChI is InChI=1S/C13H14N2O2S/c16-13(14-6-5-10-2-1-7-18-10)11-8-12(17-15-11)9-3-4-9/h1-2,7-9H,3-6H2,(H,14,16). The van der Waals surface area contributed by atoms with E-state index in [1.165, 1.54) is 4.88 Å². The number of thiophene rings is 1. The lowest BCUT2D eigenvalue weighted by Crippen LogP contribution is -2.25. The van der Waals surface area contributed by atoms with Gasteiger partial charge in [-0.15, -0.1) is 11.3 Å². The van der Waals surface area contributed by atoms with E-state index < -0.39 is 0 Å². The van der Waals surface area contributed by atoms with Gasteiger partial charge in [-0.2, -0.15) is 0 Å². The van der Waals surface area contributed by atoms with Gasteiger partial charge in [-0.1, -0.05) is 11.2 Å². The van der Waals surface area contributed by atoms with Crippen molar-refractivity contribution in [2.75, 3.05) is 6.54 Å². The molecule has 0 spiro atoms. The van der Waals surface area contributed by atoms with Crippen LogP contribution in [0.1, 0.15) is 39.9 Å². The van der Waals surface area contributed by atoms with Gasteiger partial charge >= 0.3 is 0 Å². The number of nitrogens with one attached hydrogen (secondary N) is 1. The zero-order chi connectivity index (χ0) is 12.4. The summed E-state index contributed by atoms with van der Waals surface area (Å²) in [5.41, 5.74) is 0.392. The van der Waals surface area contributed by atoms with Crippen molar-refractivity contribution in [3.63, 3.8) is 0 Å². The average molecular weight is 262 g/mol. The Balaban J connectivity index is 1.50. The van der Waals surface area contributed by atoms with Crippen LogP contribution in [0, 0.1) is 0 Å². The minimum atomic E-state index is -0.151. The molecule has 2 aromatic rings. The second-order valence-corrected chi connectivity index (χ2v) is 5.51. The average Bonchev–Trinajstić information content (AvgIpc) is 2.92. The van der Waals surface area contributed by atoms with Crippen molar-refractivity contribution >= 4 is 17.2 Å². The number of carbonyl (C=O) groups excluding carboxylic acids is 1. The first-order chi connectivity index (χ1) is 8.83. The van der Waals surface area contributed by atoms with Crippen LogP contribution in [-0.2, 0) is 6.42 Å². The van der Waals surface area contributed by atoms with Crippen LogP contribution < -0.4 is 5.32 Å². The first kappa shape index (κ1) is 11.5. The maximum absolute atomic E-state index is 11.8. The number of amides is 1. The number of aromatic nitrogens is 1. The third-order valence-electron chi connectivity index (χ3n) is 2.98. The van der Waals surface area contributed by atoms with Crippen molar-refractivity contribution in [3.8, 4) is 0 Å². The molecule has 1 aliphatic carbocycles. The predicted molar refractivity (Wildman–Crippen MR) is 68.8 cm³/mol. The van der Waals surface area contributed by atoms with Crippen LogP contribution in [0.3, 0.4) is 0 Å². The zero-order valence-electron chi connectivity index (χ0n) is 9.89. The molecule has 0 aromatic carbocycles. The predicted octanol–water partition coefficient (Wildman–Crippen LogP) is 2.59. The summed E-state index contributed by atoms with van der Waals surface area (Å²) in [4.78, 5) is 13.1. The molecule has 0 aliphatic heterocycles. The fourth-order valence-electron chi connectivity index (χ4n) is 1.80. The maximum Gasteiger partial charge on any atom is 0.273 e. The molecule has 1 amide bonds. The second kappa shape index (κ2) is 4.94. The highest BCUT2D eigenvalue weighted by Gasteiger charge is 2.28. The topological polar surface area (TPSA) is 55.1 Å². The third kappa shape index (κ3) is 2.61. The summed E-state index contributed by atoms with van der Waals surface area (Å²) in [6.45, 7) is 0.630. The molecule has 5 heteroatoms. The van der Waals surface area contributed by atoms with E-state index in [1.807, 2.05) is 11.4 Å². The normalized spacial score (nSPS) is 14.7. The van der Waals surface area contributed by atoms with Gasteiger partial charge in [0.2, 0.25) is 0 Å². The van der Waals surface area contributed by atoms with Gasteiger partial charge in [-0.25, -0.2) is 0 Å². The van der Waals surface area contributed by atoms with E-state index in [0.717, 1.165) is 25.0 Å². The second-order valence-electron chi connectivity index (χ2n) is 4.47. The fourth-order valence-corrected chi connectivity index (χ4v) is 2.51. The van der Waals surface area contributed by atoms with E-state index in [4.69, 9.17) is 4.52 Å². The molecule has 0 radical (unpaired) electrons. The zero-order valence-corrected chi connectivity index (χ0v) is 10.7. The molecule has 0 bridgehead atoms. The highest BCUT2D eigenvalue weighted by Crippen LogP contribution is 2.40. The van der Waals surface area contributed by atoms with Crippen LogP contribution in [0.5, 0.6) is 0 Å². The van der Waals surface area contributed by atoms with Gasteiger partial charge in [0.15, 0.2) is 5.69 Å². The molecule has 3 rings (SSSR count). The van der Waals surface area contributed by atoms with Crippen molar-refractivity contribution in [3.05, 3.63) is 39.9 Å². The lowest BCUT2D eigenvalue weighted by molar-refractivity contribution is 0.0945. The summed E-state index contributed by atoms with van der Waals surface area (Å²) in [5, 5.41) is 8.70. The van der Waals surface area contributed by atoms with Crippen LogP contribution >= 0.6 is 11.3 Å². The van der Waals surface area contributed by atoms with Gasteiger partial charge in [-0.05, 0) is 30.7 Å². The molecule has 4 nitrogen and oxygen atoms in total. The van der Waals surface area contributed by atoms with Crippen molar-refractivity contribution in [2.24, 2.45) is 0 Å². The Hall–Kier alpha value is -1.62. The van der Waals surface area contributed by atoms with E-state index >= 15 is 0 Å². The van der Waals surface area contributed by atoms with Crippen molar-refractivity contribution < 1.29 is 9.32 Å². The highest BCUT2D eigenvalue weighted by molar-refractivity contribution is 7.09. The summed E-state index contributed by atoms with van der Waals surface area (Å²) >= 11 is 1.70. The molecule has 94 valence electrons. The first-order valence-electron chi connectivity index (χ1n) is 6.10. The summed E-state index contributed by atoms with van der Waals surface area (Å²) in [6.07, 6.45) is 3.15. The molecule has 2 heterocycles. The largest absolute Gasteiger partial charge is 0.360 e. The van der Waals surface area contributed by atoms with Crippen LogP contribution in [0.25, 0.3) is 0 Å². The minimum absolute atomic E-state index is 0.151. The van der Waals surface area contributed by atoms with E-state index in [2.05, 4.69) is 16.5 Å². The molecule has 1 N–H and O–H groups in total. The Morgan fingerprint density at radius 2 is 2.44 bits per heavy atom. The smallest absolute Gasteiger partial charge is 0.273 e. The Labute approximate surface area is 109 Å². The SMILES string of the molecule is O=C(NCCc1cccs1)c1cc(C2CC2)on1. The van der Waals surface area contributed by atoms with Crippen LogP contribution in [0.4, 0.5) is 0 Å². The van der Waals surface area contributed by atoms with E-state index in [1.54, 1.807) is 17.4 Å². The molecular formula is C13H14N2O2S. The number of nitrogens with zero attached hydrogens (tertiary/aromatic N) is 1. The number of hydrogen-bond donors (Lipinski definition) is 1. The molecule has 18 heavy (non-hydrogen) atoms. The Morgan fingerprint density at radius 3 is 3.17 bits per heavy atom. The third-order valence-corrected chi connectivity index (χ3v) is 3.91. The van der Waals surface area contributed by atoms with Gasteiger partial charge in [0.05, 0.1) is 0 Å². The van der Waals surface area contributed by atoms with Gasteiger partial charge in [0.25, 0.3) is 5.91 Å². The van der Waals surface area contributed by atoms with Crippen molar-refractivity contribution in [2.45, 2.75) is 25.2 Å². The quantitative estimate of drug-likeness (QED) is 0.901. The van der Waals surface area contributed by atoms with Crippen LogP contribution in [0.2, 0.25) is 0 Å². The monoisotopic (exact) mass is 262 g/mol. The minimum Gasteiger partial charge on any atom is -0.360 e. The van der Waals surface area contributed by atoms with Gasteiger partial charge in [-0.3, -0.25) is 4.79 Å². The summed E-state index contributed by atoms with van der Waals surface area (Å²) < 4.78 is 5.15. The number of hydrogen-bond acceptors (Lipinski definition) is 4. The Bertz CT molecular complexity index is 529. The van der Waals surface area contributed by atoms with Crippen LogP contribution in [0.15, 0.2) is 28.1 Å². The lowest BCUT2D eigenvalue weighted by Gasteiger charge is -2.00. The van der Waals surface area contributed by atoms with E-state index in [0.29, 0.717) is 18.2 Å². The molecular weight excluding hydrogens is 248 g/mol. The molecule has 0 unspecified atom stereocenters. The summed E-state index contributed by atoms with van der Waals surface area (Å²) in [5.74, 6) is 1.19. The van der Waals surface area contributed by atoms with Crippen molar-refractivity contribution in [1.29, 1.82) is 0 Å². The first-order valence-corrected chi connectivity index (χ1v) is 6.98. The number of carbonyl (C=O) groups is 1. The lowest BCUT2D eigenvalue weighted by atomic mass is 10.2. The van der Waals surface area contributed by atoms with Gasteiger partial charge < -0.3 is 9.84 Å². The Kier molecular flexibility index (Phi) is 3.15. The summed E-state index contributed by atoms with van der Waals surface area (Å²) in [7, 11) is 0. The molecule has 0 saturated heterocycles. The molecule has 2 aromatic heterocycles. The highest BCUT2D eigenvalue weighted by atomic mass is 32.1. The molecule has 1 saturated carbocycles. The van der Waals surface area contributed by atoms with Gasteiger partial charge in [0.1, 0.15) is 5.76 Å². The maximum atomic E-state index is 11.8. The van der Waals surface area contributed by atoms with E-state index in [-0.39, 0.29) is 5.91 Å². The van der Waals surface area contributed by atoms with E-state index in [9.17, 15) is 4.79 Å². The summed E-state index contributed by atoms with van der Waals surface area (Å²) in [6, 6.07) is 5.84. The molecule has 0 atom stereocenters.